The average Bonchev–Trinajstić information content (AvgIpc) is 3.00. The van der Waals surface area contributed by atoms with Gasteiger partial charge in [0.1, 0.15) is 6.10 Å². The first kappa shape index (κ1) is 17.3. The van der Waals surface area contributed by atoms with Crippen molar-refractivity contribution < 1.29 is 5.11 Å². The Balaban J connectivity index is 1.97. The maximum absolute atomic E-state index is 11.0. The number of nitrogens with zero attached hydrogens (tertiary/aromatic N) is 1. The summed E-state index contributed by atoms with van der Waals surface area (Å²) in [5, 5.41) is 12.2. The fourth-order valence-corrected chi connectivity index (χ4v) is 3.32. The number of aryl methyl sites for hydroxylation is 2. The number of aliphatic hydroxyl groups excluding tert-OH is 1. The molecule has 2 nitrogen and oxygen atoms in total. The van der Waals surface area contributed by atoms with Crippen LogP contribution in [0.15, 0.2) is 54.6 Å². The summed E-state index contributed by atoms with van der Waals surface area (Å²) in [5.74, 6) is 6.40. The number of rotatable bonds is 4. The summed E-state index contributed by atoms with van der Waals surface area (Å²) in [5.41, 5.74) is 4.35. The van der Waals surface area contributed by atoms with Gasteiger partial charge in [-0.25, -0.2) is 0 Å². The highest BCUT2D eigenvalue weighted by Crippen LogP contribution is 2.30. The summed E-state index contributed by atoms with van der Waals surface area (Å²) in [6.07, 6.45) is 0.222. The summed E-state index contributed by atoms with van der Waals surface area (Å²) in [6, 6.07) is 18.5. The van der Waals surface area contributed by atoms with E-state index in [-0.39, 0.29) is 5.92 Å². The first-order valence-corrected chi connectivity index (χ1v) is 8.98. The molecular formula is C23H25NO. The molecule has 0 saturated heterocycles. The van der Waals surface area contributed by atoms with Crippen molar-refractivity contribution in [3.8, 4) is 11.8 Å². The topological polar surface area (TPSA) is 25.2 Å². The Hall–Kier alpha value is -2.50. The predicted octanol–water partition coefficient (Wildman–Crippen LogP) is 5.08. The van der Waals surface area contributed by atoms with Crippen LogP contribution in [0.25, 0.3) is 10.9 Å². The van der Waals surface area contributed by atoms with E-state index in [4.69, 9.17) is 0 Å². The van der Waals surface area contributed by atoms with Crippen LogP contribution >= 0.6 is 0 Å². The minimum Gasteiger partial charge on any atom is -0.386 e. The minimum absolute atomic E-state index is 0.0871. The van der Waals surface area contributed by atoms with E-state index in [1.807, 2.05) is 30.3 Å². The van der Waals surface area contributed by atoms with Gasteiger partial charge in [-0.2, -0.15) is 0 Å². The number of hydrogen-bond donors (Lipinski definition) is 1. The van der Waals surface area contributed by atoms with Gasteiger partial charge in [-0.3, -0.25) is 0 Å². The van der Waals surface area contributed by atoms with Gasteiger partial charge in [0.2, 0.25) is 0 Å². The number of aromatic nitrogens is 1. The Labute approximate surface area is 150 Å². The molecule has 2 unspecified atom stereocenters. The van der Waals surface area contributed by atoms with E-state index >= 15 is 0 Å². The van der Waals surface area contributed by atoms with E-state index in [1.165, 1.54) is 16.5 Å². The Morgan fingerprint density at radius 1 is 1.04 bits per heavy atom. The van der Waals surface area contributed by atoms with Crippen molar-refractivity contribution in [2.45, 2.75) is 39.8 Å². The number of fused-ring (bicyclic) bond motifs is 1. The zero-order valence-electron chi connectivity index (χ0n) is 15.2. The van der Waals surface area contributed by atoms with Crippen molar-refractivity contribution in [2.75, 3.05) is 0 Å². The van der Waals surface area contributed by atoms with Crippen molar-refractivity contribution >= 4 is 10.9 Å². The summed E-state index contributed by atoms with van der Waals surface area (Å²) < 4.78 is 2.20. The molecule has 2 aromatic carbocycles. The molecule has 2 heteroatoms. The first-order valence-electron chi connectivity index (χ1n) is 8.98. The van der Waals surface area contributed by atoms with Crippen molar-refractivity contribution in [1.29, 1.82) is 0 Å². The maximum atomic E-state index is 11.0. The predicted molar refractivity (Wildman–Crippen MR) is 104 cm³/mol. The van der Waals surface area contributed by atoms with E-state index in [0.717, 1.165) is 24.2 Å². The van der Waals surface area contributed by atoms with Crippen LogP contribution in [0.1, 0.15) is 43.2 Å². The second-order valence-corrected chi connectivity index (χ2v) is 6.47. The largest absolute Gasteiger partial charge is 0.386 e. The molecule has 2 atom stereocenters. The van der Waals surface area contributed by atoms with Gasteiger partial charge in [0.25, 0.3) is 0 Å². The SMILES string of the molecule is CCC(C#Cc1ccccc1)C(O)c1cc2cc(C)ccc2n1CC. The molecule has 1 aromatic heterocycles. The van der Waals surface area contributed by atoms with E-state index in [2.05, 4.69) is 61.4 Å². The van der Waals surface area contributed by atoms with Crippen LogP contribution < -0.4 is 0 Å². The first-order chi connectivity index (χ1) is 12.1. The molecule has 0 amide bonds. The van der Waals surface area contributed by atoms with E-state index in [9.17, 15) is 5.11 Å². The highest BCUT2D eigenvalue weighted by molar-refractivity contribution is 5.82. The molecule has 0 radical (unpaired) electrons. The van der Waals surface area contributed by atoms with Gasteiger partial charge >= 0.3 is 0 Å². The Morgan fingerprint density at radius 2 is 1.80 bits per heavy atom. The fraction of sp³-hybridized carbons (Fsp3) is 0.304. The smallest absolute Gasteiger partial charge is 0.108 e. The van der Waals surface area contributed by atoms with Crippen molar-refractivity contribution in [2.24, 2.45) is 5.92 Å². The van der Waals surface area contributed by atoms with E-state index in [0.29, 0.717) is 0 Å². The highest BCUT2D eigenvalue weighted by atomic mass is 16.3. The van der Waals surface area contributed by atoms with Gasteiger partial charge in [-0.05, 0) is 50.6 Å². The van der Waals surface area contributed by atoms with E-state index in [1.54, 1.807) is 0 Å². The molecule has 0 bridgehead atoms. The summed E-state index contributed by atoms with van der Waals surface area (Å²) in [4.78, 5) is 0. The minimum atomic E-state index is -0.589. The van der Waals surface area contributed by atoms with Gasteiger partial charge in [-0.1, -0.05) is 48.6 Å². The summed E-state index contributed by atoms with van der Waals surface area (Å²) in [7, 11) is 0. The molecule has 3 rings (SSSR count). The molecule has 0 fully saturated rings. The van der Waals surface area contributed by atoms with Gasteiger partial charge in [0.15, 0.2) is 0 Å². The summed E-state index contributed by atoms with van der Waals surface area (Å²) in [6.45, 7) is 7.13. The zero-order valence-corrected chi connectivity index (χ0v) is 15.2. The van der Waals surface area contributed by atoms with Crippen LogP contribution in [0.2, 0.25) is 0 Å². The molecule has 3 aromatic rings. The normalized spacial score (nSPS) is 13.3. The lowest BCUT2D eigenvalue weighted by atomic mass is 9.96. The Kier molecular flexibility index (Phi) is 5.26. The lowest BCUT2D eigenvalue weighted by molar-refractivity contribution is 0.126. The van der Waals surface area contributed by atoms with Crippen molar-refractivity contribution in [3.05, 3.63) is 71.4 Å². The van der Waals surface area contributed by atoms with Crippen LogP contribution in [0.3, 0.4) is 0 Å². The van der Waals surface area contributed by atoms with Crippen molar-refractivity contribution in [3.63, 3.8) is 0 Å². The number of aliphatic hydroxyl groups is 1. The lowest BCUT2D eigenvalue weighted by Crippen LogP contribution is -2.14. The molecule has 0 aliphatic heterocycles. The van der Waals surface area contributed by atoms with Crippen LogP contribution in [0.5, 0.6) is 0 Å². The molecule has 25 heavy (non-hydrogen) atoms. The third-order valence-electron chi connectivity index (χ3n) is 4.70. The second kappa shape index (κ2) is 7.59. The monoisotopic (exact) mass is 331 g/mol. The van der Waals surface area contributed by atoms with Crippen molar-refractivity contribution in [1.82, 2.24) is 4.57 Å². The molecule has 128 valence electrons. The molecule has 0 aliphatic carbocycles. The second-order valence-electron chi connectivity index (χ2n) is 6.47. The molecule has 0 saturated carbocycles. The third-order valence-corrected chi connectivity index (χ3v) is 4.70. The standard InChI is InChI=1S/C23H25NO/c1-4-19(13-12-18-9-7-6-8-10-18)23(25)22-16-20-15-17(3)11-14-21(20)24(22)5-2/h6-11,14-16,19,23,25H,4-5H2,1-3H3. The highest BCUT2D eigenvalue weighted by Gasteiger charge is 2.22. The molecule has 0 spiro atoms. The molecule has 1 heterocycles. The number of benzene rings is 2. The van der Waals surface area contributed by atoms with Gasteiger partial charge in [0.05, 0.1) is 5.92 Å². The average molecular weight is 331 g/mol. The third kappa shape index (κ3) is 3.62. The summed E-state index contributed by atoms with van der Waals surface area (Å²) >= 11 is 0. The molecule has 0 aliphatic rings. The van der Waals surface area contributed by atoms with Crippen LogP contribution in [0.4, 0.5) is 0 Å². The zero-order chi connectivity index (χ0) is 17.8. The van der Waals surface area contributed by atoms with Gasteiger partial charge < -0.3 is 9.67 Å². The van der Waals surface area contributed by atoms with Gasteiger partial charge in [0, 0.05) is 28.7 Å². The van der Waals surface area contributed by atoms with E-state index < -0.39 is 6.10 Å². The fourth-order valence-electron chi connectivity index (χ4n) is 3.32. The molecule has 1 N–H and O–H groups in total. The Morgan fingerprint density at radius 3 is 2.48 bits per heavy atom. The molecular weight excluding hydrogens is 306 g/mol. The van der Waals surface area contributed by atoms with Crippen LogP contribution in [-0.2, 0) is 6.54 Å². The quantitative estimate of drug-likeness (QED) is 0.663. The van der Waals surface area contributed by atoms with Crippen LogP contribution in [-0.4, -0.2) is 9.67 Å². The van der Waals surface area contributed by atoms with Gasteiger partial charge in [-0.15, -0.1) is 0 Å². The van der Waals surface area contributed by atoms with Crippen LogP contribution in [0, 0.1) is 24.7 Å². The lowest BCUT2D eigenvalue weighted by Gasteiger charge is -2.19. The Bertz CT molecular complexity index is 912. The number of hydrogen-bond acceptors (Lipinski definition) is 1. The maximum Gasteiger partial charge on any atom is 0.108 e.